The Bertz CT molecular complexity index is 1120. The van der Waals surface area contributed by atoms with Gasteiger partial charge in [0.15, 0.2) is 0 Å². The quantitative estimate of drug-likeness (QED) is 0.579. The van der Waals surface area contributed by atoms with E-state index in [2.05, 4.69) is 49.4 Å². The van der Waals surface area contributed by atoms with Gasteiger partial charge in [0, 0.05) is 56.7 Å². The Labute approximate surface area is 206 Å². The first-order chi connectivity index (χ1) is 17.1. The van der Waals surface area contributed by atoms with Crippen molar-refractivity contribution in [3.63, 3.8) is 0 Å². The zero-order valence-electron chi connectivity index (χ0n) is 19.9. The van der Waals surface area contributed by atoms with Gasteiger partial charge in [0.2, 0.25) is 11.9 Å². The lowest BCUT2D eigenvalue weighted by Gasteiger charge is -2.35. The van der Waals surface area contributed by atoms with E-state index in [4.69, 9.17) is 0 Å². The van der Waals surface area contributed by atoms with Gasteiger partial charge in [-0.15, -0.1) is 0 Å². The lowest BCUT2D eigenvalue weighted by molar-refractivity contribution is -0.126. The number of piperidine rings is 2. The average molecular weight is 474 g/mol. The van der Waals surface area contributed by atoms with E-state index in [0.717, 1.165) is 63.0 Å². The van der Waals surface area contributed by atoms with Crippen LogP contribution >= 0.6 is 0 Å². The Kier molecular flexibility index (Phi) is 7.33. The monoisotopic (exact) mass is 473 g/mol. The molecule has 7 heteroatoms. The Balaban J connectivity index is 1.12. The Morgan fingerprint density at radius 2 is 1.71 bits per heavy atom. The highest BCUT2D eigenvalue weighted by molar-refractivity contribution is 5.79. The maximum absolute atomic E-state index is 13.5. The average Bonchev–Trinajstić information content (AvgIpc) is 2.90. The van der Waals surface area contributed by atoms with E-state index in [9.17, 15) is 9.18 Å². The minimum absolute atomic E-state index is 0.0578. The second kappa shape index (κ2) is 11.0. The summed E-state index contributed by atoms with van der Waals surface area (Å²) < 4.78 is 13.5. The molecule has 1 amide bonds. The highest BCUT2D eigenvalue weighted by atomic mass is 19.1. The number of nitrogens with zero attached hydrogens (tertiary/aromatic N) is 4. The van der Waals surface area contributed by atoms with Gasteiger partial charge in [0.05, 0.1) is 5.92 Å². The van der Waals surface area contributed by atoms with Crippen molar-refractivity contribution in [2.24, 2.45) is 5.92 Å². The van der Waals surface area contributed by atoms with Crippen LogP contribution in [0.15, 0.2) is 67.0 Å². The molecule has 0 aliphatic carbocycles. The first kappa shape index (κ1) is 23.4. The number of aromatic nitrogens is 2. The van der Waals surface area contributed by atoms with Gasteiger partial charge >= 0.3 is 0 Å². The minimum atomic E-state index is -0.279. The number of hydrogen-bond acceptors (Lipinski definition) is 5. The lowest BCUT2D eigenvalue weighted by Crippen LogP contribution is -2.49. The van der Waals surface area contributed by atoms with E-state index in [1.165, 1.54) is 17.7 Å². The normalized spacial score (nSPS) is 19.5. The molecule has 0 radical (unpaired) electrons. The number of halogens is 1. The number of benzene rings is 2. The molecule has 1 aromatic heterocycles. The number of carbonyl (C=O) groups is 1. The fraction of sp³-hybridized carbons (Fsp3) is 0.393. The van der Waals surface area contributed by atoms with Crippen molar-refractivity contribution in [3.8, 4) is 11.1 Å². The lowest BCUT2D eigenvalue weighted by atomic mass is 9.96. The summed E-state index contributed by atoms with van der Waals surface area (Å²) in [5, 5.41) is 3.31. The van der Waals surface area contributed by atoms with Crippen LogP contribution in [-0.4, -0.2) is 53.0 Å². The summed E-state index contributed by atoms with van der Waals surface area (Å²) in [6.45, 7) is 4.43. The van der Waals surface area contributed by atoms with Gasteiger partial charge in [-0.1, -0.05) is 42.5 Å². The van der Waals surface area contributed by atoms with Crippen LogP contribution in [0.3, 0.4) is 0 Å². The first-order valence-corrected chi connectivity index (χ1v) is 12.5. The molecule has 0 bridgehead atoms. The summed E-state index contributed by atoms with van der Waals surface area (Å²) in [6, 6.07) is 17.2. The topological polar surface area (TPSA) is 61.4 Å². The number of likely N-dealkylation sites (tertiary alicyclic amines) is 1. The molecule has 5 rings (SSSR count). The fourth-order valence-electron chi connectivity index (χ4n) is 5.07. The maximum atomic E-state index is 13.5. The molecule has 182 valence electrons. The molecule has 0 saturated carbocycles. The van der Waals surface area contributed by atoms with E-state index >= 15 is 0 Å². The SMILES string of the molecule is O=C(NC1CCN(Cc2ccccc2)CC1)[C@@H]1CCCN(c2ncc(-c3cccc(F)c3)cn2)C1. The standard InChI is InChI=1S/C28H32FN5O/c29-25-10-4-8-22(16-25)24-17-30-28(31-18-24)34-13-5-9-23(20-34)27(35)32-26-11-14-33(15-12-26)19-21-6-2-1-3-7-21/h1-4,6-8,10,16-18,23,26H,5,9,11-15,19-20H2,(H,32,35)/t23-/m1/s1. The molecule has 3 heterocycles. The van der Waals surface area contributed by atoms with Gasteiger partial charge in [-0.25, -0.2) is 14.4 Å². The van der Waals surface area contributed by atoms with Crippen molar-refractivity contribution in [2.45, 2.75) is 38.3 Å². The summed E-state index contributed by atoms with van der Waals surface area (Å²) in [4.78, 5) is 26.6. The van der Waals surface area contributed by atoms with Gasteiger partial charge in [-0.05, 0) is 48.9 Å². The van der Waals surface area contributed by atoms with Crippen LogP contribution in [-0.2, 0) is 11.3 Å². The molecule has 2 aromatic carbocycles. The predicted octanol–water partition coefficient (Wildman–Crippen LogP) is 4.28. The smallest absolute Gasteiger partial charge is 0.225 e. The molecule has 35 heavy (non-hydrogen) atoms. The molecule has 1 atom stereocenters. The van der Waals surface area contributed by atoms with Crippen LogP contribution in [0.2, 0.25) is 0 Å². The Hall–Kier alpha value is -3.32. The fourth-order valence-corrected chi connectivity index (χ4v) is 5.07. The van der Waals surface area contributed by atoms with Crippen molar-refractivity contribution in [3.05, 3.63) is 78.4 Å². The molecule has 3 aromatic rings. The van der Waals surface area contributed by atoms with Crippen LogP contribution in [0.25, 0.3) is 11.1 Å². The molecule has 0 spiro atoms. The molecule has 2 aliphatic rings. The molecule has 2 fully saturated rings. The predicted molar refractivity (Wildman–Crippen MR) is 135 cm³/mol. The third kappa shape index (κ3) is 6.03. The zero-order chi connectivity index (χ0) is 24.0. The number of rotatable bonds is 6. The van der Waals surface area contributed by atoms with Gasteiger partial charge in [0.1, 0.15) is 5.82 Å². The molecule has 0 unspecified atom stereocenters. The Morgan fingerprint density at radius 3 is 2.46 bits per heavy atom. The molecular formula is C28H32FN5O. The van der Waals surface area contributed by atoms with Crippen molar-refractivity contribution in [1.82, 2.24) is 20.2 Å². The maximum Gasteiger partial charge on any atom is 0.225 e. The number of amides is 1. The first-order valence-electron chi connectivity index (χ1n) is 12.5. The van der Waals surface area contributed by atoms with Crippen molar-refractivity contribution >= 4 is 11.9 Å². The van der Waals surface area contributed by atoms with Crippen LogP contribution in [0, 0.1) is 11.7 Å². The van der Waals surface area contributed by atoms with E-state index in [1.807, 2.05) is 12.1 Å². The van der Waals surface area contributed by atoms with E-state index in [1.54, 1.807) is 18.5 Å². The van der Waals surface area contributed by atoms with Gasteiger partial charge in [0.25, 0.3) is 0 Å². The van der Waals surface area contributed by atoms with Crippen molar-refractivity contribution < 1.29 is 9.18 Å². The highest BCUT2D eigenvalue weighted by Crippen LogP contribution is 2.24. The van der Waals surface area contributed by atoms with Crippen LogP contribution < -0.4 is 10.2 Å². The van der Waals surface area contributed by atoms with Crippen LogP contribution in [0.5, 0.6) is 0 Å². The largest absolute Gasteiger partial charge is 0.353 e. The summed E-state index contributed by atoms with van der Waals surface area (Å²) in [7, 11) is 0. The number of hydrogen-bond donors (Lipinski definition) is 1. The number of nitrogens with one attached hydrogen (secondary N) is 1. The van der Waals surface area contributed by atoms with E-state index in [-0.39, 0.29) is 23.7 Å². The third-order valence-electron chi connectivity index (χ3n) is 7.05. The van der Waals surface area contributed by atoms with Crippen LogP contribution in [0.1, 0.15) is 31.2 Å². The second-order valence-corrected chi connectivity index (χ2v) is 9.61. The molecule has 1 N–H and O–H groups in total. The second-order valence-electron chi connectivity index (χ2n) is 9.61. The van der Waals surface area contributed by atoms with Gasteiger partial charge < -0.3 is 10.2 Å². The molecule has 2 saturated heterocycles. The summed E-state index contributed by atoms with van der Waals surface area (Å²) in [5.41, 5.74) is 2.86. The van der Waals surface area contributed by atoms with Crippen LogP contribution in [0.4, 0.5) is 10.3 Å². The molecular weight excluding hydrogens is 441 g/mol. The van der Waals surface area contributed by atoms with Crippen molar-refractivity contribution in [2.75, 3.05) is 31.1 Å². The number of carbonyl (C=O) groups excluding carboxylic acids is 1. The summed E-state index contributed by atoms with van der Waals surface area (Å²) >= 11 is 0. The number of anilines is 1. The van der Waals surface area contributed by atoms with Gasteiger partial charge in [-0.2, -0.15) is 0 Å². The third-order valence-corrected chi connectivity index (χ3v) is 7.05. The zero-order valence-corrected chi connectivity index (χ0v) is 19.9. The highest BCUT2D eigenvalue weighted by Gasteiger charge is 2.29. The van der Waals surface area contributed by atoms with Gasteiger partial charge in [-0.3, -0.25) is 9.69 Å². The molecule has 2 aliphatic heterocycles. The molecule has 6 nitrogen and oxygen atoms in total. The summed E-state index contributed by atoms with van der Waals surface area (Å²) in [5.74, 6) is 0.431. The summed E-state index contributed by atoms with van der Waals surface area (Å²) in [6.07, 6.45) is 7.24. The van der Waals surface area contributed by atoms with Crippen molar-refractivity contribution in [1.29, 1.82) is 0 Å². The minimum Gasteiger partial charge on any atom is -0.353 e. The Morgan fingerprint density at radius 1 is 0.943 bits per heavy atom. The van der Waals surface area contributed by atoms with E-state index in [0.29, 0.717) is 12.5 Å². The van der Waals surface area contributed by atoms with E-state index < -0.39 is 0 Å².